The number of ether oxygens (including phenoxy) is 1. The highest BCUT2D eigenvalue weighted by molar-refractivity contribution is 8.04. The number of pyridine rings is 1. The van der Waals surface area contributed by atoms with Gasteiger partial charge in [0.15, 0.2) is 0 Å². The molecule has 4 nitrogen and oxygen atoms in total. The van der Waals surface area contributed by atoms with Gasteiger partial charge < -0.3 is 9.64 Å². The van der Waals surface area contributed by atoms with Gasteiger partial charge in [-0.2, -0.15) is 0 Å². The zero-order chi connectivity index (χ0) is 20.6. The van der Waals surface area contributed by atoms with Crippen molar-refractivity contribution in [1.82, 2.24) is 9.88 Å². The average molecular weight is 431 g/mol. The van der Waals surface area contributed by atoms with Crippen molar-refractivity contribution in [1.29, 1.82) is 0 Å². The Morgan fingerprint density at radius 1 is 1.21 bits per heavy atom. The van der Waals surface area contributed by atoms with E-state index in [4.69, 9.17) is 4.74 Å². The van der Waals surface area contributed by atoms with Gasteiger partial charge in [-0.3, -0.25) is 9.78 Å². The molecule has 1 heterocycles. The quantitative estimate of drug-likeness (QED) is 0.557. The first-order valence-corrected chi connectivity index (χ1v) is 12.1. The molecule has 29 heavy (non-hydrogen) atoms. The third-order valence-corrected chi connectivity index (χ3v) is 8.45. The maximum Gasteiger partial charge on any atom is 0.232 e. The van der Waals surface area contributed by atoms with E-state index in [0.29, 0.717) is 16.3 Å². The van der Waals surface area contributed by atoms with Crippen LogP contribution in [0.2, 0.25) is 0 Å². The number of thioether (sulfide) groups is 2. The molecule has 1 fully saturated rings. The maximum atomic E-state index is 12.8. The van der Waals surface area contributed by atoms with Crippen LogP contribution in [0.5, 0.6) is 5.75 Å². The molecule has 156 valence electrons. The second-order valence-electron chi connectivity index (χ2n) is 7.40. The summed E-state index contributed by atoms with van der Waals surface area (Å²) in [5.74, 6) is 1.59. The van der Waals surface area contributed by atoms with Crippen molar-refractivity contribution in [3.63, 3.8) is 0 Å². The Bertz CT molecular complexity index is 787. The first kappa shape index (κ1) is 22.0. The number of rotatable bonds is 8. The molecule has 1 aliphatic rings. The van der Waals surface area contributed by atoms with E-state index < -0.39 is 0 Å². The summed E-state index contributed by atoms with van der Waals surface area (Å²) in [7, 11) is 3.59. The fourth-order valence-corrected chi connectivity index (χ4v) is 6.47. The normalized spacial score (nSPS) is 20.1. The van der Waals surface area contributed by atoms with Gasteiger partial charge in [-0.15, -0.1) is 23.5 Å². The standard InChI is InChI=1S/C23H30N2O2S2/c1-17(20-11-6-7-14-24-20)25(2)23(26)16-28-21-12-4-5-13-22(21)29-19-10-8-9-18(15-19)27-3/h6-11,14-15,17,21-22H,4-5,12-13,16H2,1-3H3. The minimum absolute atomic E-state index is 0.0161. The number of benzene rings is 1. The Morgan fingerprint density at radius 2 is 2.00 bits per heavy atom. The molecule has 1 aromatic heterocycles. The van der Waals surface area contributed by atoms with E-state index in [1.807, 2.05) is 72.7 Å². The Morgan fingerprint density at radius 3 is 2.72 bits per heavy atom. The molecule has 1 aromatic carbocycles. The first-order chi connectivity index (χ1) is 14.1. The van der Waals surface area contributed by atoms with Crippen molar-refractivity contribution in [3.05, 3.63) is 54.4 Å². The summed E-state index contributed by atoms with van der Waals surface area (Å²) in [6, 6.07) is 14.1. The number of methoxy groups -OCH3 is 1. The van der Waals surface area contributed by atoms with E-state index in [9.17, 15) is 4.79 Å². The molecule has 3 atom stereocenters. The molecule has 0 aliphatic heterocycles. The Kier molecular flexibility index (Phi) is 8.30. The molecule has 2 aromatic rings. The number of aromatic nitrogens is 1. The number of nitrogens with zero attached hydrogens (tertiary/aromatic N) is 2. The van der Waals surface area contributed by atoms with Crippen molar-refractivity contribution < 1.29 is 9.53 Å². The smallest absolute Gasteiger partial charge is 0.232 e. The Balaban J connectivity index is 1.56. The van der Waals surface area contributed by atoms with Gasteiger partial charge in [0.05, 0.1) is 24.6 Å². The van der Waals surface area contributed by atoms with Gasteiger partial charge in [-0.1, -0.05) is 25.0 Å². The zero-order valence-corrected chi connectivity index (χ0v) is 19.0. The van der Waals surface area contributed by atoms with Crippen LogP contribution in [0.15, 0.2) is 53.6 Å². The van der Waals surface area contributed by atoms with Gasteiger partial charge in [0, 0.05) is 28.6 Å². The van der Waals surface area contributed by atoms with Crippen LogP contribution in [0, 0.1) is 0 Å². The molecule has 0 bridgehead atoms. The van der Waals surface area contributed by atoms with E-state index in [0.717, 1.165) is 11.4 Å². The molecule has 6 heteroatoms. The van der Waals surface area contributed by atoms with Crippen LogP contribution >= 0.6 is 23.5 Å². The molecule has 1 saturated carbocycles. The lowest BCUT2D eigenvalue weighted by Crippen LogP contribution is -2.33. The minimum atomic E-state index is -0.0161. The SMILES string of the molecule is COc1cccc(SC2CCCCC2SCC(=O)N(C)C(C)c2ccccn2)c1. The van der Waals surface area contributed by atoms with Crippen molar-refractivity contribution >= 4 is 29.4 Å². The van der Waals surface area contributed by atoms with Gasteiger partial charge in [-0.05, 0) is 50.1 Å². The monoisotopic (exact) mass is 430 g/mol. The third kappa shape index (κ3) is 6.16. The summed E-state index contributed by atoms with van der Waals surface area (Å²) in [6.07, 6.45) is 6.68. The highest BCUT2D eigenvalue weighted by Gasteiger charge is 2.28. The van der Waals surface area contributed by atoms with Gasteiger partial charge in [0.2, 0.25) is 5.91 Å². The van der Waals surface area contributed by atoms with Crippen molar-refractivity contribution in [2.24, 2.45) is 0 Å². The number of hydrogen-bond acceptors (Lipinski definition) is 5. The van der Waals surface area contributed by atoms with Gasteiger partial charge in [0.25, 0.3) is 0 Å². The van der Waals surface area contributed by atoms with Crippen molar-refractivity contribution in [2.75, 3.05) is 19.9 Å². The lowest BCUT2D eigenvalue weighted by molar-refractivity contribution is -0.129. The fourth-order valence-electron chi connectivity index (χ4n) is 3.56. The van der Waals surface area contributed by atoms with Crippen molar-refractivity contribution in [2.45, 2.75) is 54.0 Å². The Labute approximate surface area is 182 Å². The van der Waals surface area contributed by atoms with Gasteiger partial charge in [0.1, 0.15) is 5.75 Å². The van der Waals surface area contributed by atoms with Gasteiger partial charge >= 0.3 is 0 Å². The lowest BCUT2D eigenvalue weighted by Gasteiger charge is -2.31. The number of carbonyl (C=O) groups is 1. The van der Waals surface area contributed by atoms with E-state index in [-0.39, 0.29) is 11.9 Å². The third-order valence-electron chi connectivity index (χ3n) is 5.48. The molecule has 1 aliphatic carbocycles. The Hall–Kier alpha value is -1.66. The summed E-state index contributed by atoms with van der Waals surface area (Å²) in [5.41, 5.74) is 0.928. The second-order valence-corrected chi connectivity index (χ2v) is 9.94. The zero-order valence-electron chi connectivity index (χ0n) is 17.4. The summed E-state index contributed by atoms with van der Waals surface area (Å²) in [4.78, 5) is 20.3. The molecule has 0 saturated heterocycles. The van der Waals surface area contributed by atoms with Gasteiger partial charge in [-0.25, -0.2) is 0 Å². The molecule has 0 N–H and O–H groups in total. The predicted molar refractivity (Wildman–Crippen MR) is 123 cm³/mol. The number of amides is 1. The second kappa shape index (κ2) is 10.9. The van der Waals surface area contributed by atoms with Crippen LogP contribution in [0.3, 0.4) is 0 Å². The van der Waals surface area contributed by atoms with Crippen molar-refractivity contribution in [3.8, 4) is 5.75 Å². The largest absolute Gasteiger partial charge is 0.497 e. The van der Waals surface area contributed by atoms with E-state index in [1.165, 1.54) is 30.6 Å². The van der Waals surface area contributed by atoms with Crippen LogP contribution in [0.25, 0.3) is 0 Å². The first-order valence-electron chi connectivity index (χ1n) is 10.2. The van der Waals surface area contributed by atoms with Crippen LogP contribution in [-0.2, 0) is 4.79 Å². The fraction of sp³-hybridized carbons (Fsp3) is 0.478. The molecule has 0 spiro atoms. The highest BCUT2D eigenvalue weighted by atomic mass is 32.2. The molecule has 0 radical (unpaired) electrons. The number of carbonyl (C=O) groups excluding carboxylic acids is 1. The maximum absolute atomic E-state index is 12.8. The highest BCUT2D eigenvalue weighted by Crippen LogP contribution is 2.40. The minimum Gasteiger partial charge on any atom is -0.497 e. The van der Waals surface area contributed by atoms with E-state index >= 15 is 0 Å². The van der Waals surface area contributed by atoms with E-state index in [1.54, 1.807) is 13.3 Å². The summed E-state index contributed by atoms with van der Waals surface area (Å²) >= 11 is 3.75. The molecule has 3 unspecified atom stereocenters. The van der Waals surface area contributed by atoms with Crippen LogP contribution < -0.4 is 4.74 Å². The van der Waals surface area contributed by atoms with Crippen LogP contribution in [0.1, 0.15) is 44.3 Å². The molecular formula is C23H30N2O2S2. The number of hydrogen-bond donors (Lipinski definition) is 0. The predicted octanol–water partition coefficient (Wildman–Crippen LogP) is 5.45. The van der Waals surface area contributed by atoms with Crippen LogP contribution in [0.4, 0.5) is 0 Å². The average Bonchev–Trinajstić information content (AvgIpc) is 2.78. The lowest BCUT2D eigenvalue weighted by atomic mass is 10.00. The summed E-state index contributed by atoms with van der Waals surface area (Å²) in [5, 5.41) is 1.04. The summed E-state index contributed by atoms with van der Waals surface area (Å²) in [6.45, 7) is 2.03. The van der Waals surface area contributed by atoms with Crippen LogP contribution in [-0.4, -0.2) is 46.2 Å². The topological polar surface area (TPSA) is 42.4 Å². The molecule has 1 amide bonds. The molecule has 3 rings (SSSR count). The molecular weight excluding hydrogens is 400 g/mol. The van der Waals surface area contributed by atoms with E-state index in [2.05, 4.69) is 17.1 Å². The summed E-state index contributed by atoms with van der Waals surface area (Å²) < 4.78 is 5.36.